The van der Waals surface area contributed by atoms with E-state index in [9.17, 15) is 4.79 Å². The largest absolute Gasteiger partial charge is 0.494 e. The predicted molar refractivity (Wildman–Crippen MR) is 110 cm³/mol. The highest BCUT2D eigenvalue weighted by Gasteiger charge is 2.28. The van der Waals surface area contributed by atoms with Gasteiger partial charge in [-0.25, -0.2) is 9.97 Å². The first-order valence-electron chi connectivity index (χ1n) is 9.34. The van der Waals surface area contributed by atoms with Crippen LogP contribution in [0.1, 0.15) is 33.6 Å². The molecule has 0 saturated heterocycles. The van der Waals surface area contributed by atoms with Crippen molar-refractivity contribution in [3.05, 3.63) is 42.2 Å². The number of hydrogen-bond donors (Lipinski definition) is 1. The first-order valence-corrected chi connectivity index (χ1v) is 10.2. The Labute approximate surface area is 169 Å². The lowest BCUT2D eigenvalue weighted by atomic mass is 9.88. The topological polar surface area (TPSA) is 77.1 Å². The van der Waals surface area contributed by atoms with Crippen molar-refractivity contribution >= 4 is 17.3 Å². The lowest BCUT2D eigenvalue weighted by Gasteiger charge is -2.22. The first kappa shape index (κ1) is 20.1. The van der Waals surface area contributed by atoms with E-state index in [4.69, 9.17) is 9.47 Å². The van der Waals surface area contributed by atoms with Crippen LogP contribution in [0.4, 0.5) is 0 Å². The number of aromatic nitrogens is 3. The molecule has 0 amide bonds. The van der Waals surface area contributed by atoms with Gasteiger partial charge in [-0.3, -0.25) is 4.79 Å². The van der Waals surface area contributed by atoms with E-state index in [1.807, 2.05) is 50.4 Å². The zero-order valence-electron chi connectivity index (χ0n) is 16.4. The molecule has 2 heterocycles. The minimum atomic E-state index is -0.486. The maximum absolute atomic E-state index is 11.9. The summed E-state index contributed by atoms with van der Waals surface area (Å²) in [6.45, 7) is 6.61. The van der Waals surface area contributed by atoms with Gasteiger partial charge in [0.1, 0.15) is 10.8 Å². The van der Waals surface area contributed by atoms with E-state index in [1.54, 1.807) is 23.9 Å². The van der Waals surface area contributed by atoms with Crippen molar-refractivity contribution in [3.8, 4) is 27.7 Å². The van der Waals surface area contributed by atoms with E-state index >= 15 is 0 Å². The zero-order chi connectivity index (χ0) is 20.0. The molecule has 1 aromatic carbocycles. The van der Waals surface area contributed by atoms with E-state index in [0.29, 0.717) is 13.2 Å². The highest BCUT2D eigenvalue weighted by molar-refractivity contribution is 7.13. The summed E-state index contributed by atoms with van der Waals surface area (Å²) in [4.78, 5) is 23.7. The highest BCUT2D eigenvalue weighted by Crippen LogP contribution is 2.29. The van der Waals surface area contributed by atoms with Crippen LogP contribution in [0.15, 0.2) is 42.2 Å². The number of aromatic amines is 1. The quantitative estimate of drug-likeness (QED) is 0.407. The van der Waals surface area contributed by atoms with E-state index in [0.717, 1.165) is 40.6 Å². The number of carbonyl (C=O) groups is 1. The van der Waals surface area contributed by atoms with E-state index in [1.165, 1.54) is 0 Å². The maximum atomic E-state index is 11.9. The summed E-state index contributed by atoms with van der Waals surface area (Å²) in [7, 11) is 0. The van der Waals surface area contributed by atoms with Crippen molar-refractivity contribution in [2.24, 2.45) is 5.41 Å². The van der Waals surface area contributed by atoms with Gasteiger partial charge in [-0.15, -0.1) is 11.3 Å². The minimum Gasteiger partial charge on any atom is -0.494 e. The van der Waals surface area contributed by atoms with Gasteiger partial charge in [-0.05, 0) is 57.9 Å². The molecule has 0 atom stereocenters. The molecule has 0 fully saturated rings. The third-order valence-corrected chi connectivity index (χ3v) is 5.30. The SMILES string of the molecule is CCOC(=O)C(C)(C)CCCOc1ccc(-c2csc(-c3cnc[nH]3)n2)cc1. The van der Waals surface area contributed by atoms with Crippen molar-refractivity contribution in [1.29, 1.82) is 0 Å². The minimum absolute atomic E-state index is 0.155. The number of carbonyl (C=O) groups excluding carboxylic acids is 1. The number of hydrogen-bond acceptors (Lipinski definition) is 6. The Morgan fingerprint density at radius 2 is 2.04 bits per heavy atom. The number of H-pyrrole nitrogens is 1. The third-order valence-electron chi connectivity index (χ3n) is 4.43. The lowest BCUT2D eigenvalue weighted by Crippen LogP contribution is -2.27. The van der Waals surface area contributed by atoms with Crippen molar-refractivity contribution in [3.63, 3.8) is 0 Å². The van der Waals surface area contributed by atoms with Gasteiger partial charge >= 0.3 is 5.97 Å². The molecule has 2 aromatic heterocycles. The molecule has 6 nitrogen and oxygen atoms in total. The second-order valence-electron chi connectivity index (χ2n) is 7.08. The Morgan fingerprint density at radius 3 is 2.71 bits per heavy atom. The second-order valence-corrected chi connectivity index (χ2v) is 7.94. The van der Waals surface area contributed by atoms with Crippen LogP contribution in [0.2, 0.25) is 0 Å². The number of nitrogens with zero attached hydrogens (tertiary/aromatic N) is 2. The summed E-state index contributed by atoms with van der Waals surface area (Å²) in [6.07, 6.45) is 4.92. The molecule has 0 radical (unpaired) electrons. The van der Waals surface area contributed by atoms with Gasteiger partial charge in [-0.2, -0.15) is 0 Å². The standard InChI is InChI=1S/C21H25N3O3S/c1-4-26-20(25)21(2,3)10-5-11-27-16-8-6-15(7-9-16)18-13-28-19(24-18)17-12-22-14-23-17/h6-9,12-14H,4-5,10-11H2,1-3H3,(H,22,23). The summed E-state index contributed by atoms with van der Waals surface area (Å²) >= 11 is 1.58. The van der Waals surface area contributed by atoms with Crippen LogP contribution < -0.4 is 4.74 Å². The Morgan fingerprint density at radius 1 is 1.25 bits per heavy atom. The third kappa shape index (κ3) is 4.98. The Kier molecular flexibility index (Phi) is 6.46. The van der Waals surface area contributed by atoms with Crippen LogP contribution in [0.5, 0.6) is 5.75 Å². The number of esters is 1. The summed E-state index contributed by atoms with van der Waals surface area (Å²) in [6, 6.07) is 7.90. The number of imidazole rings is 1. The fourth-order valence-electron chi connectivity index (χ4n) is 2.76. The Hall–Kier alpha value is -2.67. The molecule has 28 heavy (non-hydrogen) atoms. The molecule has 0 aliphatic rings. The summed E-state index contributed by atoms with van der Waals surface area (Å²) in [5, 5.41) is 2.95. The van der Waals surface area contributed by atoms with Gasteiger partial charge in [-0.1, -0.05) is 0 Å². The van der Waals surface area contributed by atoms with Gasteiger partial charge in [0, 0.05) is 10.9 Å². The molecule has 1 N–H and O–H groups in total. The van der Waals surface area contributed by atoms with E-state index in [2.05, 4.69) is 15.0 Å². The molecule has 7 heteroatoms. The predicted octanol–water partition coefficient (Wildman–Crippen LogP) is 4.95. The molecule has 0 aliphatic carbocycles. The van der Waals surface area contributed by atoms with Crippen molar-refractivity contribution in [1.82, 2.24) is 15.0 Å². The molecule has 0 bridgehead atoms. The highest BCUT2D eigenvalue weighted by atomic mass is 32.1. The van der Waals surface area contributed by atoms with Gasteiger partial charge in [0.25, 0.3) is 0 Å². The van der Waals surface area contributed by atoms with Crippen molar-refractivity contribution in [2.75, 3.05) is 13.2 Å². The van der Waals surface area contributed by atoms with Crippen LogP contribution in [0.25, 0.3) is 22.0 Å². The Bertz CT molecular complexity index is 886. The molecule has 3 rings (SSSR count). The van der Waals surface area contributed by atoms with Gasteiger partial charge in [0.2, 0.25) is 0 Å². The average Bonchev–Trinajstić information content (AvgIpc) is 3.37. The van der Waals surface area contributed by atoms with Crippen molar-refractivity contribution < 1.29 is 14.3 Å². The first-order chi connectivity index (χ1) is 13.5. The fourth-order valence-corrected chi connectivity index (χ4v) is 3.56. The maximum Gasteiger partial charge on any atom is 0.311 e. The number of benzene rings is 1. The van der Waals surface area contributed by atoms with Crippen LogP contribution in [-0.2, 0) is 9.53 Å². The molecular weight excluding hydrogens is 374 g/mol. The molecule has 0 spiro atoms. The molecule has 0 aliphatic heterocycles. The summed E-state index contributed by atoms with van der Waals surface area (Å²) < 4.78 is 10.9. The smallest absolute Gasteiger partial charge is 0.311 e. The van der Waals surface area contributed by atoms with Gasteiger partial charge in [0.05, 0.1) is 42.5 Å². The van der Waals surface area contributed by atoms with Crippen LogP contribution >= 0.6 is 11.3 Å². The summed E-state index contributed by atoms with van der Waals surface area (Å²) in [5.41, 5.74) is 2.40. The normalized spacial score (nSPS) is 11.4. The van der Waals surface area contributed by atoms with Gasteiger partial charge < -0.3 is 14.5 Å². The number of ether oxygens (including phenoxy) is 2. The second kappa shape index (κ2) is 9.01. The number of thiazole rings is 1. The van der Waals surface area contributed by atoms with Crippen molar-refractivity contribution in [2.45, 2.75) is 33.6 Å². The number of rotatable bonds is 9. The molecule has 0 saturated carbocycles. The molecule has 0 unspecified atom stereocenters. The van der Waals surface area contributed by atoms with Crippen LogP contribution in [-0.4, -0.2) is 34.1 Å². The molecule has 3 aromatic rings. The fraction of sp³-hybridized carbons (Fsp3) is 0.381. The monoisotopic (exact) mass is 399 g/mol. The molecule has 148 valence electrons. The van der Waals surface area contributed by atoms with Crippen LogP contribution in [0, 0.1) is 5.41 Å². The average molecular weight is 400 g/mol. The van der Waals surface area contributed by atoms with Crippen LogP contribution in [0.3, 0.4) is 0 Å². The van der Waals surface area contributed by atoms with E-state index in [-0.39, 0.29) is 5.97 Å². The van der Waals surface area contributed by atoms with E-state index < -0.39 is 5.41 Å². The zero-order valence-corrected chi connectivity index (χ0v) is 17.2. The molecular formula is C21H25N3O3S. The number of nitrogens with one attached hydrogen (secondary N) is 1. The summed E-state index contributed by atoms with van der Waals surface area (Å²) in [5.74, 6) is 0.652. The lowest BCUT2D eigenvalue weighted by molar-refractivity contribution is -0.153. The van der Waals surface area contributed by atoms with Gasteiger partial charge in [0.15, 0.2) is 0 Å². The Balaban J connectivity index is 1.50.